The van der Waals surface area contributed by atoms with Gasteiger partial charge in [0.15, 0.2) is 0 Å². The molecule has 8 heteroatoms. The van der Waals surface area contributed by atoms with Crippen LogP contribution in [0.15, 0.2) is 53.5 Å². The Morgan fingerprint density at radius 1 is 1.13 bits per heavy atom. The quantitative estimate of drug-likeness (QED) is 0.665. The first-order valence-electron chi connectivity index (χ1n) is 10.1. The van der Waals surface area contributed by atoms with E-state index in [1.165, 1.54) is 7.11 Å². The summed E-state index contributed by atoms with van der Waals surface area (Å²) >= 11 is 0. The van der Waals surface area contributed by atoms with Crippen molar-refractivity contribution < 1.29 is 19.1 Å². The molecule has 1 amide bonds. The van der Waals surface area contributed by atoms with Crippen molar-refractivity contribution in [2.75, 3.05) is 31.7 Å². The molecule has 0 radical (unpaired) electrons. The third-order valence-corrected chi connectivity index (χ3v) is 5.46. The zero-order chi connectivity index (χ0) is 20.9. The van der Waals surface area contributed by atoms with Crippen molar-refractivity contribution >= 4 is 36.3 Å². The lowest BCUT2D eigenvalue weighted by molar-refractivity contribution is -0.143. The SMILES string of the molecule is COC(=O)C[C@@H]1C[C@@H](COc2ccc(-c3ccc(N4C=NCC4)cc3)cc2)NC1=O.Cl. The molecular formula is C23H26ClN3O4. The summed E-state index contributed by atoms with van der Waals surface area (Å²) in [6.45, 7) is 2.14. The number of methoxy groups -OCH3 is 1. The maximum atomic E-state index is 12.0. The van der Waals surface area contributed by atoms with Crippen LogP contribution in [-0.2, 0) is 14.3 Å². The molecule has 0 unspecified atom stereocenters. The van der Waals surface area contributed by atoms with Crippen LogP contribution in [0.1, 0.15) is 12.8 Å². The van der Waals surface area contributed by atoms with E-state index in [9.17, 15) is 9.59 Å². The number of carbonyl (C=O) groups excluding carboxylic acids is 2. The summed E-state index contributed by atoms with van der Waals surface area (Å²) in [5.74, 6) is -0.0838. The van der Waals surface area contributed by atoms with Gasteiger partial charge in [-0.3, -0.25) is 14.6 Å². The molecule has 4 rings (SSSR count). The molecule has 2 aliphatic rings. The number of carbonyl (C=O) groups is 2. The molecule has 1 N–H and O–H groups in total. The van der Waals surface area contributed by atoms with Crippen LogP contribution in [0.4, 0.5) is 5.69 Å². The Morgan fingerprint density at radius 2 is 1.81 bits per heavy atom. The highest BCUT2D eigenvalue weighted by Gasteiger charge is 2.34. The maximum Gasteiger partial charge on any atom is 0.306 e. The number of aliphatic imine (C=N–C) groups is 1. The number of rotatable bonds is 7. The number of anilines is 1. The molecule has 2 aliphatic heterocycles. The fourth-order valence-corrected chi connectivity index (χ4v) is 3.76. The van der Waals surface area contributed by atoms with Gasteiger partial charge in [-0.15, -0.1) is 12.4 Å². The summed E-state index contributed by atoms with van der Waals surface area (Å²) in [7, 11) is 1.33. The number of esters is 1. The van der Waals surface area contributed by atoms with Gasteiger partial charge < -0.3 is 19.7 Å². The standard InChI is InChI=1S/C23H25N3O4.ClH/c1-29-22(27)13-18-12-19(25-23(18)28)14-30-21-8-4-17(5-9-21)16-2-6-20(7-3-16)26-11-10-24-15-26;/h2-9,15,18-19H,10-14H2,1H3,(H,25,28);1H/t18-,19-;/m0./s1. The number of nitrogens with one attached hydrogen (secondary N) is 1. The minimum Gasteiger partial charge on any atom is -0.491 e. The Bertz CT molecular complexity index is 931. The van der Waals surface area contributed by atoms with E-state index in [4.69, 9.17) is 4.74 Å². The average Bonchev–Trinajstić information content (AvgIpc) is 3.43. The summed E-state index contributed by atoms with van der Waals surface area (Å²) in [6.07, 6.45) is 2.56. The normalized spacial score (nSPS) is 19.6. The van der Waals surface area contributed by atoms with E-state index in [2.05, 4.69) is 44.2 Å². The van der Waals surface area contributed by atoms with Crippen molar-refractivity contribution in [2.45, 2.75) is 18.9 Å². The summed E-state index contributed by atoms with van der Waals surface area (Å²) in [6, 6.07) is 16.2. The number of amides is 1. The molecule has 0 spiro atoms. The van der Waals surface area contributed by atoms with Crippen molar-refractivity contribution in [3.8, 4) is 16.9 Å². The fraction of sp³-hybridized carbons (Fsp3) is 0.348. The zero-order valence-corrected chi connectivity index (χ0v) is 18.1. The summed E-state index contributed by atoms with van der Waals surface area (Å²) in [5, 5.41) is 2.88. The Balaban J connectivity index is 0.00000272. The van der Waals surface area contributed by atoms with Crippen LogP contribution in [0.25, 0.3) is 11.1 Å². The van der Waals surface area contributed by atoms with Crippen molar-refractivity contribution in [1.29, 1.82) is 0 Å². The lowest BCUT2D eigenvalue weighted by Crippen LogP contribution is -2.31. The first-order chi connectivity index (χ1) is 14.6. The van der Waals surface area contributed by atoms with E-state index in [-0.39, 0.29) is 42.7 Å². The molecule has 0 aliphatic carbocycles. The van der Waals surface area contributed by atoms with E-state index in [1.807, 2.05) is 30.6 Å². The summed E-state index contributed by atoms with van der Waals surface area (Å²) in [4.78, 5) is 29.7. The second kappa shape index (κ2) is 10.3. The zero-order valence-electron chi connectivity index (χ0n) is 17.3. The lowest BCUT2D eigenvalue weighted by atomic mass is 10.0. The lowest BCUT2D eigenvalue weighted by Gasteiger charge is -2.14. The van der Waals surface area contributed by atoms with Crippen LogP contribution in [-0.4, -0.2) is 51.1 Å². The molecule has 31 heavy (non-hydrogen) atoms. The molecule has 2 heterocycles. The van der Waals surface area contributed by atoms with Crippen molar-refractivity contribution in [3.63, 3.8) is 0 Å². The van der Waals surface area contributed by atoms with Crippen LogP contribution in [0, 0.1) is 5.92 Å². The van der Waals surface area contributed by atoms with Crippen LogP contribution in [0.3, 0.4) is 0 Å². The van der Waals surface area contributed by atoms with E-state index < -0.39 is 0 Å². The minimum absolute atomic E-state index is 0. The van der Waals surface area contributed by atoms with Crippen LogP contribution in [0.2, 0.25) is 0 Å². The Hall–Kier alpha value is -3.06. The number of halogens is 1. The Labute approximate surface area is 187 Å². The smallest absolute Gasteiger partial charge is 0.306 e. The molecule has 1 fully saturated rings. The van der Waals surface area contributed by atoms with Gasteiger partial charge in [-0.05, 0) is 41.8 Å². The summed E-state index contributed by atoms with van der Waals surface area (Å²) in [5.41, 5.74) is 3.38. The molecule has 2 atom stereocenters. The highest BCUT2D eigenvalue weighted by atomic mass is 35.5. The Kier molecular flexibility index (Phi) is 7.52. The van der Waals surface area contributed by atoms with Gasteiger partial charge in [-0.2, -0.15) is 0 Å². The fourth-order valence-electron chi connectivity index (χ4n) is 3.76. The molecule has 1 saturated heterocycles. The van der Waals surface area contributed by atoms with Gasteiger partial charge in [-0.1, -0.05) is 24.3 Å². The highest BCUT2D eigenvalue weighted by Crippen LogP contribution is 2.26. The molecular weight excluding hydrogens is 418 g/mol. The van der Waals surface area contributed by atoms with Gasteiger partial charge in [-0.25, -0.2) is 0 Å². The van der Waals surface area contributed by atoms with E-state index >= 15 is 0 Å². The molecule has 2 aromatic rings. The van der Waals surface area contributed by atoms with E-state index in [0.717, 1.165) is 35.7 Å². The molecule has 0 bridgehead atoms. The van der Waals surface area contributed by atoms with Gasteiger partial charge in [0.1, 0.15) is 12.4 Å². The number of hydrogen-bond acceptors (Lipinski definition) is 6. The van der Waals surface area contributed by atoms with Crippen molar-refractivity contribution in [1.82, 2.24) is 5.32 Å². The van der Waals surface area contributed by atoms with Crippen LogP contribution in [0.5, 0.6) is 5.75 Å². The van der Waals surface area contributed by atoms with Gasteiger partial charge in [0.2, 0.25) is 5.91 Å². The van der Waals surface area contributed by atoms with Gasteiger partial charge in [0.05, 0.1) is 38.4 Å². The first kappa shape index (κ1) is 22.6. The summed E-state index contributed by atoms with van der Waals surface area (Å²) < 4.78 is 10.5. The van der Waals surface area contributed by atoms with Gasteiger partial charge >= 0.3 is 5.97 Å². The number of nitrogens with zero attached hydrogens (tertiary/aromatic N) is 2. The van der Waals surface area contributed by atoms with Gasteiger partial charge in [0, 0.05) is 12.2 Å². The van der Waals surface area contributed by atoms with Crippen LogP contribution < -0.4 is 15.0 Å². The monoisotopic (exact) mass is 443 g/mol. The first-order valence-corrected chi connectivity index (χ1v) is 10.1. The third kappa shape index (κ3) is 5.55. The van der Waals surface area contributed by atoms with Gasteiger partial charge in [0.25, 0.3) is 0 Å². The largest absolute Gasteiger partial charge is 0.491 e. The minimum atomic E-state index is -0.367. The van der Waals surface area contributed by atoms with Crippen molar-refractivity contribution in [3.05, 3.63) is 48.5 Å². The van der Waals surface area contributed by atoms with E-state index in [0.29, 0.717) is 13.0 Å². The molecule has 2 aromatic carbocycles. The third-order valence-electron chi connectivity index (χ3n) is 5.46. The number of benzene rings is 2. The number of ether oxygens (including phenoxy) is 2. The number of hydrogen-bond donors (Lipinski definition) is 1. The van der Waals surface area contributed by atoms with E-state index in [1.54, 1.807) is 0 Å². The average molecular weight is 444 g/mol. The molecule has 7 nitrogen and oxygen atoms in total. The van der Waals surface area contributed by atoms with Crippen LogP contribution >= 0.6 is 12.4 Å². The highest BCUT2D eigenvalue weighted by molar-refractivity contribution is 5.86. The second-order valence-electron chi connectivity index (χ2n) is 7.52. The van der Waals surface area contributed by atoms with Crippen molar-refractivity contribution in [2.24, 2.45) is 10.9 Å². The predicted molar refractivity (Wildman–Crippen MR) is 122 cm³/mol. The predicted octanol–water partition coefficient (Wildman–Crippen LogP) is 3.07. The Morgan fingerprint density at radius 3 is 2.42 bits per heavy atom. The topological polar surface area (TPSA) is 80.2 Å². The molecule has 0 aromatic heterocycles. The maximum absolute atomic E-state index is 12.0. The molecule has 164 valence electrons. The molecule has 0 saturated carbocycles. The second-order valence-corrected chi connectivity index (χ2v) is 7.52.